The summed E-state index contributed by atoms with van der Waals surface area (Å²) in [5.74, 6) is -1.62. The Balaban J connectivity index is 1.37. The monoisotopic (exact) mass is 588 g/mol. The smallest absolute Gasteiger partial charge is 0.410 e. The van der Waals surface area contributed by atoms with Crippen molar-refractivity contribution in [3.8, 4) is 0 Å². The molecule has 11 heteroatoms. The number of pyridine rings is 3. The molecular weight excluding hydrogens is 548 g/mol. The number of carbonyl (C=O) groups is 3. The Morgan fingerprint density at radius 3 is 2.42 bits per heavy atom. The molecule has 0 spiro atoms. The lowest BCUT2D eigenvalue weighted by Gasteiger charge is -2.29. The molecule has 11 nitrogen and oxygen atoms in total. The third-order valence-electron chi connectivity index (χ3n) is 7.32. The summed E-state index contributed by atoms with van der Waals surface area (Å²) in [6.45, 7) is 5.71. The molecule has 0 radical (unpaired) electrons. The summed E-state index contributed by atoms with van der Waals surface area (Å²) >= 11 is 0. The van der Waals surface area contributed by atoms with Crippen LogP contribution in [0.2, 0.25) is 0 Å². The Kier molecular flexibility index (Phi) is 10.4. The van der Waals surface area contributed by atoms with Crippen LogP contribution in [-0.2, 0) is 29.0 Å². The van der Waals surface area contributed by atoms with E-state index in [1.165, 1.54) is 16.7 Å². The number of nitrogens with two attached hydrogens (primary N) is 1. The fourth-order valence-corrected chi connectivity index (χ4v) is 5.17. The Bertz CT molecular complexity index is 1390. The number of fused-ring (bicyclic) bond motifs is 1. The van der Waals surface area contributed by atoms with Crippen molar-refractivity contribution in [2.75, 3.05) is 0 Å². The zero-order chi connectivity index (χ0) is 31.0. The molecule has 3 heterocycles. The highest BCUT2D eigenvalue weighted by Crippen LogP contribution is 2.33. The quantitative estimate of drug-likeness (QED) is 0.298. The molecule has 3 unspecified atom stereocenters. The first-order valence-corrected chi connectivity index (χ1v) is 14.6. The lowest BCUT2D eigenvalue weighted by molar-refractivity contribution is -0.139. The van der Waals surface area contributed by atoms with Gasteiger partial charge >= 0.3 is 12.1 Å². The van der Waals surface area contributed by atoms with Crippen molar-refractivity contribution in [3.05, 3.63) is 89.3 Å². The van der Waals surface area contributed by atoms with Crippen molar-refractivity contribution >= 4 is 18.0 Å². The van der Waals surface area contributed by atoms with Crippen LogP contribution in [0.25, 0.3) is 0 Å². The lowest BCUT2D eigenvalue weighted by atomic mass is 9.80. The van der Waals surface area contributed by atoms with Crippen LogP contribution in [0.4, 0.5) is 4.79 Å². The van der Waals surface area contributed by atoms with Gasteiger partial charge in [-0.1, -0.05) is 12.1 Å². The van der Waals surface area contributed by atoms with Gasteiger partial charge in [-0.3, -0.25) is 24.6 Å². The number of nitrogens with one attached hydrogen (secondary N) is 1. The highest BCUT2D eigenvalue weighted by Gasteiger charge is 2.29. The van der Waals surface area contributed by atoms with Gasteiger partial charge in [0, 0.05) is 36.2 Å². The van der Waals surface area contributed by atoms with Crippen LogP contribution in [0.5, 0.6) is 0 Å². The minimum Gasteiger partial charge on any atom is -0.480 e. The SMILES string of the molecule is CC(C)(C)OC(=O)N(Cc1ccccn1)Cc1ccc(C(=O)NC(CCC(N)C2CCCc3cccnc32)C(=O)O)cn1. The second-order valence-electron chi connectivity index (χ2n) is 11.8. The van der Waals surface area contributed by atoms with E-state index >= 15 is 0 Å². The normalized spacial score (nSPS) is 16.0. The molecule has 4 rings (SSSR count). The molecule has 2 amide bonds. The van der Waals surface area contributed by atoms with Crippen LogP contribution in [0, 0.1) is 0 Å². The Labute approximate surface area is 251 Å². The van der Waals surface area contributed by atoms with Crippen molar-refractivity contribution in [2.45, 2.75) is 89.6 Å². The van der Waals surface area contributed by atoms with Gasteiger partial charge in [-0.05, 0) is 88.8 Å². The van der Waals surface area contributed by atoms with Gasteiger partial charge in [0.1, 0.15) is 11.6 Å². The summed E-state index contributed by atoms with van der Waals surface area (Å²) < 4.78 is 5.57. The van der Waals surface area contributed by atoms with Gasteiger partial charge in [0.25, 0.3) is 5.91 Å². The predicted octanol–water partition coefficient (Wildman–Crippen LogP) is 4.22. The number of aryl methyl sites for hydroxylation is 1. The van der Waals surface area contributed by atoms with Crippen molar-refractivity contribution in [2.24, 2.45) is 5.73 Å². The van der Waals surface area contributed by atoms with Gasteiger partial charge in [0.15, 0.2) is 0 Å². The fourth-order valence-electron chi connectivity index (χ4n) is 5.17. The maximum atomic E-state index is 13.0. The van der Waals surface area contributed by atoms with Crippen molar-refractivity contribution in [3.63, 3.8) is 0 Å². The largest absolute Gasteiger partial charge is 0.480 e. The first-order chi connectivity index (χ1) is 20.5. The van der Waals surface area contributed by atoms with Crippen LogP contribution in [-0.4, -0.2) is 60.6 Å². The van der Waals surface area contributed by atoms with E-state index in [-0.39, 0.29) is 37.0 Å². The van der Waals surface area contributed by atoms with E-state index in [1.54, 1.807) is 51.4 Å². The maximum Gasteiger partial charge on any atom is 0.410 e. The molecule has 4 N–H and O–H groups in total. The number of rotatable bonds is 11. The summed E-state index contributed by atoms with van der Waals surface area (Å²) in [5.41, 5.74) is 9.44. The highest BCUT2D eigenvalue weighted by molar-refractivity contribution is 5.96. The number of aliphatic carboxylic acids is 1. The zero-order valence-corrected chi connectivity index (χ0v) is 24.9. The average molecular weight is 589 g/mol. The minimum atomic E-state index is -1.13. The summed E-state index contributed by atoms with van der Waals surface area (Å²) in [4.78, 5) is 52.6. The second-order valence-corrected chi connectivity index (χ2v) is 11.8. The van der Waals surface area contributed by atoms with E-state index in [4.69, 9.17) is 10.5 Å². The molecule has 0 fully saturated rings. The maximum absolute atomic E-state index is 13.0. The summed E-state index contributed by atoms with van der Waals surface area (Å²) in [5, 5.41) is 12.4. The number of aromatic nitrogens is 3. The van der Waals surface area contributed by atoms with Crippen LogP contribution in [0.1, 0.15) is 85.4 Å². The van der Waals surface area contributed by atoms with E-state index in [9.17, 15) is 19.5 Å². The Hall–Kier alpha value is -4.38. The molecule has 3 aromatic heterocycles. The number of ether oxygens (including phenoxy) is 1. The lowest BCUT2D eigenvalue weighted by Crippen LogP contribution is -2.42. The van der Waals surface area contributed by atoms with Gasteiger partial charge in [-0.15, -0.1) is 0 Å². The van der Waals surface area contributed by atoms with E-state index in [2.05, 4.69) is 26.3 Å². The first-order valence-electron chi connectivity index (χ1n) is 14.6. The van der Waals surface area contributed by atoms with Crippen LogP contribution in [0.15, 0.2) is 61.1 Å². The number of carboxylic acids is 1. The van der Waals surface area contributed by atoms with Crippen molar-refractivity contribution < 1.29 is 24.2 Å². The van der Waals surface area contributed by atoms with Crippen molar-refractivity contribution in [1.29, 1.82) is 0 Å². The molecule has 0 saturated carbocycles. The fraction of sp³-hybridized carbons (Fsp3) is 0.438. The van der Waals surface area contributed by atoms with E-state index in [0.29, 0.717) is 17.8 Å². The second kappa shape index (κ2) is 14.2. The molecule has 43 heavy (non-hydrogen) atoms. The summed E-state index contributed by atoms with van der Waals surface area (Å²) in [6, 6.07) is 11.2. The standard InChI is InChI=1S/C32H40N6O5/c1-32(2,3)43-31(42)38(19-23-10-4-5-16-34-23)20-24-13-12-22(18-36-24)29(39)37-27(30(40)41)15-14-26(33)25-11-6-8-21-9-7-17-35-28(21)25/h4-5,7,9-10,12-13,16-18,25-27H,6,8,11,14-15,19-20,33H2,1-3H3,(H,37,39)(H,40,41). The van der Waals surface area contributed by atoms with Gasteiger partial charge < -0.3 is 20.9 Å². The number of hydrogen-bond donors (Lipinski definition) is 3. The summed E-state index contributed by atoms with van der Waals surface area (Å²) in [6.07, 6.45) is 7.76. The predicted molar refractivity (Wildman–Crippen MR) is 160 cm³/mol. The number of carbonyl (C=O) groups excluding carboxylic acids is 2. The average Bonchev–Trinajstić information content (AvgIpc) is 2.98. The van der Waals surface area contributed by atoms with Crippen LogP contribution in [0.3, 0.4) is 0 Å². The molecule has 3 atom stereocenters. The van der Waals surface area contributed by atoms with Gasteiger partial charge in [-0.25, -0.2) is 9.59 Å². The van der Waals surface area contributed by atoms with Crippen LogP contribution < -0.4 is 11.1 Å². The van der Waals surface area contributed by atoms with E-state index in [0.717, 1.165) is 25.0 Å². The van der Waals surface area contributed by atoms with Crippen LogP contribution >= 0.6 is 0 Å². The molecule has 1 aliphatic carbocycles. The zero-order valence-electron chi connectivity index (χ0n) is 24.9. The minimum absolute atomic E-state index is 0.0600. The molecule has 3 aromatic rings. The van der Waals surface area contributed by atoms with Gasteiger partial charge in [-0.2, -0.15) is 0 Å². The number of amides is 2. The third kappa shape index (κ3) is 9.05. The highest BCUT2D eigenvalue weighted by atomic mass is 16.6. The molecule has 0 aromatic carbocycles. The number of hydrogen-bond acceptors (Lipinski definition) is 8. The Morgan fingerprint density at radius 1 is 1.02 bits per heavy atom. The molecule has 0 aliphatic heterocycles. The number of nitrogens with zero attached hydrogens (tertiary/aromatic N) is 4. The molecule has 228 valence electrons. The van der Waals surface area contributed by atoms with E-state index < -0.39 is 29.6 Å². The first kappa shape index (κ1) is 31.6. The summed E-state index contributed by atoms with van der Waals surface area (Å²) in [7, 11) is 0. The van der Waals surface area contributed by atoms with E-state index in [1.807, 2.05) is 18.2 Å². The Morgan fingerprint density at radius 2 is 1.77 bits per heavy atom. The number of carboxylic acid groups (broad SMARTS) is 1. The van der Waals surface area contributed by atoms with Gasteiger partial charge in [0.2, 0.25) is 0 Å². The molecule has 1 aliphatic rings. The molecule has 0 saturated heterocycles. The van der Waals surface area contributed by atoms with Gasteiger partial charge in [0.05, 0.1) is 30.0 Å². The molecular formula is C32H40N6O5. The third-order valence-corrected chi connectivity index (χ3v) is 7.32. The molecule has 0 bridgehead atoms. The topological polar surface area (TPSA) is 161 Å². The van der Waals surface area contributed by atoms with Crippen molar-refractivity contribution in [1.82, 2.24) is 25.2 Å².